The largest absolute Gasteiger partial charge is 0.390 e. The van der Waals surface area contributed by atoms with E-state index in [0.717, 1.165) is 10.0 Å². The van der Waals surface area contributed by atoms with E-state index >= 15 is 0 Å². The fraction of sp³-hybridized carbons (Fsp3) is 0.400. The maximum absolute atomic E-state index is 9.58. The Labute approximate surface area is 91.9 Å². The number of hydrogen-bond acceptors (Lipinski definition) is 1. The predicted molar refractivity (Wildman–Crippen MR) is 59.2 cm³/mol. The van der Waals surface area contributed by atoms with Crippen LogP contribution in [0, 0.1) is 0 Å². The van der Waals surface area contributed by atoms with Crippen molar-refractivity contribution in [3.05, 3.63) is 33.3 Å². The van der Waals surface area contributed by atoms with Gasteiger partial charge < -0.3 is 5.11 Å². The third kappa shape index (κ3) is 3.67. The molecule has 0 bridgehead atoms. The molecule has 0 saturated heterocycles. The Morgan fingerprint density at radius 1 is 1.46 bits per heavy atom. The molecule has 1 aromatic rings. The number of aliphatic hydroxyl groups is 1. The molecule has 1 rings (SSSR count). The van der Waals surface area contributed by atoms with Crippen LogP contribution in [0.2, 0.25) is 5.02 Å². The zero-order valence-corrected chi connectivity index (χ0v) is 9.98. The minimum Gasteiger partial charge on any atom is -0.390 e. The summed E-state index contributed by atoms with van der Waals surface area (Å²) in [4.78, 5) is 0. The molecule has 0 radical (unpaired) electrons. The first-order valence-electron chi connectivity index (χ1n) is 4.05. The maximum atomic E-state index is 9.58. The molecule has 3 heteroatoms. The van der Waals surface area contributed by atoms with E-state index in [1.165, 1.54) is 0 Å². The number of benzene rings is 1. The van der Waals surface area contributed by atoms with E-state index in [9.17, 15) is 5.11 Å². The van der Waals surface area contributed by atoms with Crippen LogP contribution >= 0.6 is 27.5 Å². The Balaban J connectivity index is 2.86. The molecule has 0 aliphatic carbocycles. The van der Waals surface area contributed by atoms with Gasteiger partial charge in [0.2, 0.25) is 0 Å². The second-order valence-electron chi connectivity index (χ2n) is 3.74. The Hall–Kier alpha value is -0.0500. The topological polar surface area (TPSA) is 20.2 Å². The van der Waals surface area contributed by atoms with Gasteiger partial charge in [0.05, 0.1) is 10.6 Å². The molecule has 0 aliphatic rings. The van der Waals surface area contributed by atoms with Gasteiger partial charge in [-0.25, -0.2) is 0 Å². The van der Waals surface area contributed by atoms with E-state index in [-0.39, 0.29) is 0 Å². The Morgan fingerprint density at radius 3 is 2.54 bits per heavy atom. The molecule has 0 spiro atoms. The van der Waals surface area contributed by atoms with Gasteiger partial charge in [-0.15, -0.1) is 0 Å². The lowest BCUT2D eigenvalue weighted by Gasteiger charge is -2.17. The first kappa shape index (κ1) is 11.0. The summed E-state index contributed by atoms with van der Waals surface area (Å²) in [6, 6.07) is 5.71. The van der Waals surface area contributed by atoms with Crippen LogP contribution in [0.1, 0.15) is 19.4 Å². The Morgan fingerprint density at radius 2 is 2.08 bits per heavy atom. The predicted octanol–water partition coefficient (Wildman–Crippen LogP) is 3.42. The van der Waals surface area contributed by atoms with E-state index in [0.29, 0.717) is 11.4 Å². The Bertz CT molecular complexity index is 304. The first-order valence-corrected chi connectivity index (χ1v) is 5.22. The van der Waals surface area contributed by atoms with Gasteiger partial charge in [-0.1, -0.05) is 17.7 Å². The van der Waals surface area contributed by atoms with E-state index < -0.39 is 5.60 Å². The van der Waals surface area contributed by atoms with Crippen molar-refractivity contribution < 1.29 is 5.11 Å². The van der Waals surface area contributed by atoms with Crippen molar-refractivity contribution in [3.63, 3.8) is 0 Å². The monoisotopic (exact) mass is 262 g/mol. The molecule has 0 unspecified atom stereocenters. The van der Waals surface area contributed by atoms with Crippen LogP contribution in [0.15, 0.2) is 22.7 Å². The highest BCUT2D eigenvalue weighted by Crippen LogP contribution is 2.24. The lowest BCUT2D eigenvalue weighted by atomic mass is 9.99. The third-order valence-corrected chi connectivity index (χ3v) is 2.85. The molecule has 0 aliphatic heterocycles. The van der Waals surface area contributed by atoms with Gasteiger partial charge >= 0.3 is 0 Å². The van der Waals surface area contributed by atoms with Gasteiger partial charge in [-0.2, -0.15) is 0 Å². The van der Waals surface area contributed by atoms with Crippen molar-refractivity contribution in [1.82, 2.24) is 0 Å². The van der Waals surface area contributed by atoms with E-state index in [4.69, 9.17) is 11.6 Å². The second-order valence-corrected chi connectivity index (χ2v) is 5.00. The van der Waals surface area contributed by atoms with Crippen LogP contribution in [0.3, 0.4) is 0 Å². The molecule has 0 amide bonds. The average Bonchev–Trinajstić information content (AvgIpc) is 1.94. The zero-order valence-electron chi connectivity index (χ0n) is 7.64. The number of rotatable bonds is 2. The summed E-state index contributed by atoms with van der Waals surface area (Å²) >= 11 is 9.23. The average molecular weight is 264 g/mol. The van der Waals surface area contributed by atoms with Crippen molar-refractivity contribution in [2.45, 2.75) is 25.9 Å². The number of halogens is 2. The summed E-state index contributed by atoms with van der Waals surface area (Å²) in [5.74, 6) is 0. The molecule has 0 heterocycles. The first-order chi connectivity index (χ1) is 5.88. The summed E-state index contributed by atoms with van der Waals surface area (Å²) in [6.45, 7) is 3.56. The Kier molecular flexibility index (Phi) is 3.38. The van der Waals surface area contributed by atoms with E-state index in [1.807, 2.05) is 18.2 Å². The standard InChI is InChI=1S/C10H12BrClO/c1-10(2,13)6-7-3-4-8(11)9(12)5-7/h3-5,13H,6H2,1-2H3. The zero-order chi connectivity index (χ0) is 10.1. The second kappa shape index (κ2) is 3.99. The van der Waals surface area contributed by atoms with Crippen LogP contribution in [-0.4, -0.2) is 10.7 Å². The lowest BCUT2D eigenvalue weighted by molar-refractivity contribution is 0.0810. The van der Waals surface area contributed by atoms with E-state index in [2.05, 4.69) is 15.9 Å². The molecule has 0 atom stereocenters. The highest BCUT2D eigenvalue weighted by molar-refractivity contribution is 9.10. The normalized spacial score (nSPS) is 11.8. The fourth-order valence-corrected chi connectivity index (χ4v) is 1.60. The van der Waals surface area contributed by atoms with Crippen molar-refractivity contribution in [2.75, 3.05) is 0 Å². The minimum absolute atomic E-state index is 0.611. The molecular formula is C10H12BrClO. The van der Waals surface area contributed by atoms with Gasteiger partial charge in [0.15, 0.2) is 0 Å². The van der Waals surface area contributed by atoms with Gasteiger partial charge in [0.1, 0.15) is 0 Å². The molecule has 0 aromatic heterocycles. The minimum atomic E-state index is -0.683. The summed E-state index contributed by atoms with van der Waals surface area (Å²) in [7, 11) is 0. The molecule has 1 aromatic carbocycles. The van der Waals surface area contributed by atoms with Crippen LogP contribution in [0.5, 0.6) is 0 Å². The molecule has 13 heavy (non-hydrogen) atoms. The van der Waals surface area contributed by atoms with Crippen LogP contribution < -0.4 is 0 Å². The molecule has 1 nitrogen and oxygen atoms in total. The molecular weight excluding hydrogens is 251 g/mol. The summed E-state index contributed by atoms with van der Waals surface area (Å²) in [5, 5.41) is 10.3. The van der Waals surface area contributed by atoms with Crippen LogP contribution in [0.4, 0.5) is 0 Å². The molecule has 72 valence electrons. The van der Waals surface area contributed by atoms with Crippen molar-refractivity contribution >= 4 is 27.5 Å². The summed E-state index contributed by atoms with van der Waals surface area (Å²) in [5.41, 5.74) is 0.359. The van der Waals surface area contributed by atoms with Gasteiger partial charge in [0, 0.05) is 10.9 Å². The highest BCUT2D eigenvalue weighted by atomic mass is 79.9. The molecule has 0 saturated carbocycles. The third-order valence-electron chi connectivity index (χ3n) is 1.62. The lowest BCUT2D eigenvalue weighted by Crippen LogP contribution is -2.21. The molecule has 0 fully saturated rings. The molecule has 1 N–H and O–H groups in total. The highest BCUT2D eigenvalue weighted by Gasteiger charge is 2.13. The van der Waals surface area contributed by atoms with Crippen molar-refractivity contribution in [1.29, 1.82) is 0 Å². The maximum Gasteiger partial charge on any atom is 0.0631 e. The summed E-state index contributed by atoms with van der Waals surface area (Å²) < 4.78 is 0.883. The fourth-order valence-electron chi connectivity index (χ4n) is 1.15. The SMILES string of the molecule is CC(C)(O)Cc1ccc(Br)c(Cl)c1. The quantitative estimate of drug-likeness (QED) is 0.867. The smallest absolute Gasteiger partial charge is 0.0631 e. The van der Waals surface area contributed by atoms with Gasteiger partial charge in [0.25, 0.3) is 0 Å². The van der Waals surface area contributed by atoms with Crippen LogP contribution in [-0.2, 0) is 6.42 Å². The van der Waals surface area contributed by atoms with Crippen molar-refractivity contribution in [3.8, 4) is 0 Å². The van der Waals surface area contributed by atoms with Gasteiger partial charge in [-0.3, -0.25) is 0 Å². The summed E-state index contributed by atoms with van der Waals surface area (Å²) in [6.07, 6.45) is 0.611. The van der Waals surface area contributed by atoms with Crippen molar-refractivity contribution in [2.24, 2.45) is 0 Å². The van der Waals surface area contributed by atoms with Crippen LogP contribution in [0.25, 0.3) is 0 Å². The number of hydrogen-bond donors (Lipinski definition) is 1. The van der Waals surface area contributed by atoms with E-state index in [1.54, 1.807) is 13.8 Å². The van der Waals surface area contributed by atoms with Gasteiger partial charge in [-0.05, 0) is 47.5 Å².